The van der Waals surface area contributed by atoms with E-state index in [2.05, 4.69) is 155 Å². The molecule has 0 saturated carbocycles. The molecule has 0 atom stereocenters. The van der Waals surface area contributed by atoms with Crippen LogP contribution in [0.3, 0.4) is 0 Å². The van der Waals surface area contributed by atoms with Crippen LogP contribution in [-0.2, 0) is 42.1 Å². The summed E-state index contributed by atoms with van der Waals surface area (Å²) in [7, 11) is 4.10. The molecule has 13 rings (SSSR count). The van der Waals surface area contributed by atoms with Gasteiger partial charge in [-0.25, -0.2) is 0 Å². The van der Waals surface area contributed by atoms with E-state index in [9.17, 15) is 0 Å². The molecule has 8 nitrogen and oxygen atoms in total. The molecule has 8 heterocycles. The van der Waals surface area contributed by atoms with Gasteiger partial charge in [0.2, 0.25) is 0 Å². The largest absolute Gasteiger partial charge is 0.510 e. The Morgan fingerprint density at radius 1 is 0.483 bits per heavy atom. The maximum atomic E-state index is 4.60. The van der Waals surface area contributed by atoms with Crippen LogP contribution in [0.1, 0.15) is 0 Å². The van der Waals surface area contributed by atoms with Crippen LogP contribution in [0.15, 0.2) is 149 Å². The van der Waals surface area contributed by atoms with Crippen molar-refractivity contribution in [1.29, 1.82) is 0 Å². The fraction of sp³-hybridized carbons (Fsp3) is 0.0455. The minimum atomic E-state index is -0.0709. The second kappa shape index (κ2) is 14.9. The Balaban J connectivity index is 0.00000204. The summed E-state index contributed by atoms with van der Waals surface area (Å²) in [6.45, 7) is 4.05. The van der Waals surface area contributed by atoms with Gasteiger partial charge < -0.3 is 19.6 Å². The molecule has 2 aromatic heterocycles. The van der Waals surface area contributed by atoms with E-state index in [-0.39, 0.29) is 55.6 Å². The van der Waals surface area contributed by atoms with Crippen LogP contribution in [0, 0.1) is 37.6 Å². The van der Waals surface area contributed by atoms with E-state index in [1.165, 1.54) is 71.9 Å². The quantitative estimate of drug-likeness (QED) is 0.181. The van der Waals surface area contributed by atoms with Crippen LogP contribution in [0.25, 0.3) is 11.4 Å². The van der Waals surface area contributed by atoms with Crippen LogP contribution < -0.4 is 42.6 Å². The summed E-state index contributed by atoms with van der Waals surface area (Å²) in [5.74, 6) is 0. The van der Waals surface area contributed by atoms with Crippen LogP contribution in [0.4, 0.5) is 11.4 Å². The van der Waals surface area contributed by atoms with Crippen molar-refractivity contribution < 1.29 is 42.1 Å². The molecule has 0 bridgehead atoms. The topological polar surface area (TPSA) is 48.6 Å². The summed E-state index contributed by atoms with van der Waals surface area (Å²) in [4.78, 5) is 18.6. The van der Waals surface area contributed by atoms with E-state index in [0.717, 1.165) is 22.7 Å². The second-order valence-corrected chi connectivity index (χ2v) is 19.0. The van der Waals surface area contributed by atoms with Crippen molar-refractivity contribution in [3.63, 3.8) is 0 Å². The molecule has 0 aliphatic carbocycles. The first-order valence-electron chi connectivity index (χ1n) is 18.8. The molecule has 0 radical (unpaired) electrons. The third-order valence-electron chi connectivity index (χ3n) is 11.3. The van der Waals surface area contributed by atoms with E-state index in [1.807, 2.05) is 93.3 Å². The first kappa shape index (κ1) is 39.0. The van der Waals surface area contributed by atoms with Crippen LogP contribution in [0.5, 0.6) is 0 Å². The van der Waals surface area contributed by atoms with Crippen molar-refractivity contribution in [3.05, 3.63) is 148 Å². The molecule has 0 amide bonds. The molecule has 6 aliphatic rings. The molecule has 5 aromatic carbocycles. The second-order valence-electron chi connectivity index (χ2n) is 14.8. The van der Waals surface area contributed by atoms with Gasteiger partial charge in [0.1, 0.15) is 0 Å². The van der Waals surface area contributed by atoms with Crippen molar-refractivity contribution in [3.8, 4) is 11.4 Å². The summed E-state index contributed by atoms with van der Waals surface area (Å²) in [5, 5.41) is 9.19. The molecule has 0 N–H and O–H groups in total. The van der Waals surface area contributed by atoms with Crippen molar-refractivity contribution in [1.82, 2.24) is 29.4 Å². The van der Waals surface area contributed by atoms with Crippen LogP contribution in [-0.4, -0.2) is 56.9 Å². The zero-order chi connectivity index (χ0) is 38.2. The number of fused-ring (bicyclic) bond motifs is 10. The predicted molar refractivity (Wildman–Crippen MR) is 235 cm³/mol. The van der Waals surface area contributed by atoms with Crippen molar-refractivity contribution in [2.75, 3.05) is 23.9 Å². The summed E-state index contributed by atoms with van der Waals surface area (Å²) >= 11 is 7.56. The zero-order valence-electron chi connectivity index (χ0n) is 31.5. The summed E-state index contributed by atoms with van der Waals surface area (Å²) < 4.78 is 3.82. The average molecular weight is 1210 g/mol. The van der Waals surface area contributed by atoms with E-state index in [0.29, 0.717) is 0 Å². The summed E-state index contributed by atoms with van der Waals surface area (Å²) in [5.41, 5.74) is 11.3. The number of hydrogen-bond donors (Lipinski definition) is 0. The standard InChI is InChI=1S/C44H26B2N8S4.2Pt/c1-49-17-19-51(25-49)27-5-9-35-31(21-27)45-33-23-29(53-15-3-13-47-53)7-11-37(33)57-43-39(45)41(55-35)42-40-44(43)58-38-12-8-30(54-16-4-14-48-54)24-34(38)46(40)32-22-28(6-10-36(32)56-42)52-20-18-50(2)26-52;;/h3-20,25-26H,1-2H3;;/q-6;;. The molecule has 298 valence electrons. The minimum absolute atomic E-state index is 0. The first-order valence-corrected chi connectivity index (χ1v) is 22.1. The Morgan fingerprint density at radius 3 is 1.15 bits per heavy atom. The maximum absolute atomic E-state index is 4.60. The molecule has 60 heavy (non-hydrogen) atoms. The molecular weight excluding hydrogens is 1180 g/mol. The van der Waals surface area contributed by atoms with Gasteiger partial charge >= 0.3 is 0 Å². The Morgan fingerprint density at radius 2 is 0.833 bits per heavy atom. The molecule has 0 spiro atoms. The molecule has 0 unspecified atom stereocenters. The van der Waals surface area contributed by atoms with Gasteiger partial charge in [0.05, 0.1) is 0 Å². The van der Waals surface area contributed by atoms with Crippen molar-refractivity contribution in [2.24, 2.45) is 0 Å². The summed E-state index contributed by atoms with van der Waals surface area (Å²) in [6.07, 6.45) is 16.0. The summed E-state index contributed by atoms with van der Waals surface area (Å²) in [6, 6.07) is 37.4. The van der Waals surface area contributed by atoms with Gasteiger partial charge in [-0.2, -0.15) is 141 Å². The van der Waals surface area contributed by atoms with E-state index in [4.69, 9.17) is 0 Å². The molecule has 7 aromatic rings. The number of anilines is 2. The van der Waals surface area contributed by atoms with Gasteiger partial charge in [-0.1, -0.05) is 0 Å². The maximum Gasteiger partial charge on any atom is 0.196 e. The predicted octanol–water partition coefficient (Wildman–Crippen LogP) is 4.83. The monoisotopic (exact) mass is 1210 g/mol. The van der Waals surface area contributed by atoms with Crippen molar-refractivity contribution in [2.45, 2.75) is 39.2 Å². The van der Waals surface area contributed by atoms with Gasteiger partial charge in [-0.3, -0.25) is 9.36 Å². The van der Waals surface area contributed by atoms with Crippen LogP contribution in [0.2, 0.25) is 0 Å². The van der Waals surface area contributed by atoms with Gasteiger partial charge in [-0.05, 0) is 73.3 Å². The van der Waals surface area contributed by atoms with Gasteiger partial charge in [-0.15, -0.1) is 55.2 Å². The normalized spacial score (nSPS) is 15.8. The Labute approximate surface area is 394 Å². The van der Waals surface area contributed by atoms with E-state index < -0.39 is 0 Å². The number of nitrogens with zero attached hydrogens (tertiary/aromatic N) is 8. The fourth-order valence-electron chi connectivity index (χ4n) is 8.66. The zero-order valence-corrected chi connectivity index (χ0v) is 39.4. The third kappa shape index (κ3) is 5.95. The van der Waals surface area contributed by atoms with E-state index >= 15 is 0 Å². The number of aromatic nitrogens is 4. The van der Waals surface area contributed by atoms with Gasteiger partial charge in [0, 0.05) is 86.5 Å². The molecule has 6 aliphatic heterocycles. The molecule has 0 fully saturated rings. The Kier molecular flexibility index (Phi) is 9.67. The van der Waals surface area contributed by atoms with Crippen molar-refractivity contribution >= 4 is 105 Å². The number of benzene rings is 5. The first-order chi connectivity index (χ1) is 28.5. The fourth-order valence-corrected chi connectivity index (χ4v) is 14.0. The van der Waals surface area contributed by atoms with Gasteiger partial charge in [0.15, 0.2) is 13.4 Å². The third-order valence-corrected chi connectivity index (χ3v) is 16.3. The Bertz CT molecular complexity index is 2750. The minimum Gasteiger partial charge on any atom is -0.510 e. The molecule has 16 heteroatoms. The van der Waals surface area contributed by atoms with E-state index in [1.54, 1.807) is 0 Å². The average Bonchev–Trinajstić information content (AvgIpc) is 4.11. The SMILES string of the molecule is CN1C=CN(c2[c-]c3c(cc2)Sc2c4c5c(c6c2B3c2[c-]c(-n3cccn3)ccc2S6)Sc2ccc(-n3cccn3)[c-]c2B5c2[c-]c(N3C=CN(C)[CH-]3)ccc2S4)[CH-]1.[Pt].[Pt]. The van der Waals surface area contributed by atoms with Crippen LogP contribution >= 0.6 is 47.0 Å². The van der Waals surface area contributed by atoms with Gasteiger partial charge in [0.25, 0.3) is 0 Å². The number of rotatable bonds is 4. The smallest absolute Gasteiger partial charge is 0.196 e. The Hall–Kier alpha value is -3.89. The molecule has 0 saturated heterocycles. The number of hydrogen-bond acceptors (Lipinski definition) is 10. The molecular formula is C44H26B2N8Pt2S4-6.